The number of phosphoric acid groups is 1. The molecule has 0 saturated carbocycles. The summed E-state index contributed by atoms with van der Waals surface area (Å²) in [4.78, 5) is 63.4. The van der Waals surface area contributed by atoms with Crippen molar-refractivity contribution in [2.75, 3.05) is 26.2 Å². The summed E-state index contributed by atoms with van der Waals surface area (Å²) in [5.41, 5.74) is 2.35. The Morgan fingerprint density at radius 2 is 1.58 bits per heavy atom. The molecule has 3 N–H and O–H groups in total. The molecule has 4 amide bonds. The van der Waals surface area contributed by atoms with Crippen molar-refractivity contribution in [2.24, 2.45) is 0 Å². The number of hydrogen-bond acceptors (Lipinski definition) is 7. The van der Waals surface area contributed by atoms with Crippen LogP contribution in [0.15, 0.2) is 104 Å². The molecule has 14 heteroatoms. The first-order valence-corrected chi connectivity index (χ1v) is 16.8. The zero-order valence-corrected chi connectivity index (χ0v) is 27.2. The quantitative estimate of drug-likeness (QED) is 0.183. The molecule has 2 aliphatic rings. The first-order chi connectivity index (χ1) is 23.1. The van der Waals surface area contributed by atoms with Gasteiger partial charge in [0.2, 0.25) is 11.8 Å². The molecule has 0 radical (unpaired) electrons. The lowest BCUT2D eigenvalue weighted by atomic mass is 9.98. The summed E-state index contributed by atoms with van der Waals surface area (Å²) in [5.74, 6) is -0.0171. The molecule has 0 unspecified atom stereocenters. The standard InChI is InChI=1S/C34H38N5O8P/c1-3-18-37-24-32(40)38-30(20-25-10-16-29(17-11-25)47-48(43,44)45)33(41)36(22-27-12-14-28(15-13-27)46-19-4-2)23-31(38)39(37)34(42)35-21-26-8-6-5-7-9-26/h3-17,30-31H,1-2,18-24H2,(H,35,42)(H2,43,44,45)/t30-,31-/m0/s1. The Kier molecular flexibility index (Phi) is 11.0. The number of piperazine rings is 1. The number of rotatable bonds is 13. The number of carbonyl (C=O) groups excluding carboxylic acids is 3. The number of amides is 4. The van der Waals surface area contributed by atoms with E-state index < -0.39 is 26.1 Å². The smallest absolute Gasteiger partial charge is 0.490 e. The maximum atomic E-state index is 14.2. The minimum absolute atomic E-state index is 0.0440. The van der Waals surface area contributed by atoms with Crippen LogP contribution in [0.2, 0.25) is 0 Å². The molecule has 2 aliphatic heterocycles. The molecule has 3 aromatic carbocycles. The predicted octanol–water partition coefficient (Wildman–Crippen LogP) is 3.46. The molecule has 48 heavy (non-hydrogen) atoms. The highest BCUT2D eigenvalue weighted by Gasteiger charge is 2.51. The Hall–Kier alpha value is -4.94. The Morgan fingerprint density at radius 3 is 2.23 bits per heavy atom. The van der Waals surface area contributed by atoms with Crippen molar-refractivity contribution in [3.63, 3.8) is 0 Å². The maximum Gasteiger partial charge on any atom is 0.524 e. The molecule has 0 spiro atoms. The van der Waals surface area contributed by atoms with Gasteiger partial charge in [0.05, 0.1) is 13.1 Å². The van der Waals surface area contributed by atoms with Gasteiger partial charge in [0, 0.05) is 26.1 Å². The van der Waals surface area contributed by atoms with Crippen LogP contribution >= 0.6 is 7.82 Å². The van der Waals surface area contributed by atoms with Crippen LogP contribution in [-0.4, -0.2) is 85.9 Å². The number of carbonyl (C=O) groups is 3. The summed E-state index contributed by atoms with van der Waals surface area (Å²) in [6.07, 6.45) is 2.51. The van der Waals surface area contributed by atoms with Crippen molar-refractivity contribution in [3.05, 3.63) is 121 Å². The average Bonchev–Trinajstić information content (AvgIpc) is 3.06. The SMILES string of the molecule is C=CCOc1ccc(CN2C[C@H]3N(C(=O)CN(CC=C)N3C(=O)NCc3ccccc3)[C@@H](Cc3ccc(OP(=O)(O)O)cc3)C2=O)cc1. The van der Waals surface area contributed by atoms with E-state index in [2.05, 4.69) is 23.0 Å². The van der Waals surface area contributed by atoms with E-state index >= 15 is 0 Å². The van der Waals surface area contributed by atoms with Crippen LogP contribution in [0.25, 0.3) is 0 Å². The molecule has 0 bridgehead atoms. The number of hydrazine groups is 1. The first kappa shape index (κ1) is 34.4. The first-order valence-electron chi connectivity index (χ1n) is 15.3. The fraction of sp³-hybridized carbons (Fsp3) is 0.265. The number of nitrogens with one attached hydrogen (secondary N) is 1. The summed E-state index contributed by atoms with van der Waals surface area (Å²) in [5, 5.41) is 6.09. The van der Waals surface area contributed by atoms with E-state index in [0.717, 1.165) is 11.1 Å². The second-order valence-electron chi connectivity index (χ2n) is 11.3. The summed E-state index contributed by atoms with van der Waals surface area (Å²) < 4.78 is 21.6. The molecule has 3 aromatic rings. The molecular formula is C34H38N5O8P. The molecule has 5 rings (SSSR count). The molecule has 0 aromatic heterocycles. The third kappa shape index (κ3) is 8.50. The highest BCUT2D eigenvalue weighted by Crippen LogP contribution is 2.37. The van der Waals surface area contributed by atoms with E-state index in [-0.39, 0.29) is 56.7 Å². The number of ether oxygens (including phenoxy) is 1. The average molecular weight is 676 g/mol. The van der Waals surface area contributed by atoms with Crippen LogP contribution in [0, 0.1) is 0 Å². The Bertz CT molecular complexity index is 1660. The van der Waals surface area contributed by atoms with Gasteiger partial charge in [-0.15, -0.1) is 6.58 Å². The molecule has 0 aliphatic carbocycles. The molecular weight excluding hydrogens is 637 g/mol. The summed E-state index contributed by atoms with van der Waals surface area (Å²) >= 11 is 0. The van der Waals surface area contributed by atoms with Gasteiger partial charge in [-0.05, 0) is 41.0 Å². The fourth-order valence-corrected chi connectivity index (χ4v) is 6.21. The van der Waals surface area contributed by atoms with E-state index in [1.807, 2.05) is 42.5 Å². The molecule has 2 saturated heterocycles. The van der Waals surface area contributed by atoms with E-state index in [1.165, 1.54) is 22.0 Å². The lowest BCUT2D eigenvalue weighted by Gasteiger charge is -2.55. The van der Waals surface area contributed by atoms with E-state index in [0.29, 0.717) is 17.9 Å². The largest absolute Gasteiger partial charge is 0.524 e. The van der Waals surface area contributed by atoms with Crippen molar-refractivity contribution in [2.45, 2.75) is 31.7 Å². The van der Waals surface area contributed by atoms with Crippen LogP contribution in [0.4, 0.5) is 4.79 Å². The molecule has 13 nitrogen and oxygen atoms in total. The van der Waals surface area contributed by atoms with Gasteiger partial charge in [-0.25, -0.2) is 19.4 Å². The third-order valence-electron chi connectivity index (χ3n) is 7.91. The zero-order valence-electron chi connectivity index (χ0n) is 26.3. The Balaban J connectivity index is 1.46. The van der Waals surface area contributed by atoms with Crippen LogP contribution in [0.3, 0.4) is 0 Å². The molecule has 2 atom stereocenters. The van der Waals surface area contributed by atoms with E-state index in [9.17, 15) is 18.9 Å². The van der Waals surface area contributed by atoms with Crippen LogP contribution in [-0.2, 0) is 33.7 Å². The number of benzene rings is 3. The van der Waals surface area contributed by atoms with Gasteiger partial charge in [0.1, 0.15) is 30.3 Å². The van der Waals surface area contributed by atoms with Gasteiger partial charge in [-0.1, -0.05) is 73.3 Å². The lowest BCUT2D eigenvalue weighted by Crippen LogP contribution is -2.76. The number of urea groups is 1. The predicted molar refractivity (Wildman–Crippen MR) is 177 cm³/mol. The van der Waals surface area contributed by atoms with Crippen molar-refractivity contribution in [3.8, 4) is 11.5 Å². The van der Waals surface area contributed by atoms with Crippen molar-refractivity contribution >= 4 is 25.7 Å². The zero-order chi connectivity index (χ0) is 34.3. The normalized spacial score (nSPS) is 18.2. The van der Waals surface area contributed by atoms with Crippen LogP contribution < -0.4 is 14.6 Å². The van der Waals surface area contributed by atoms with Gasteiger partial charge in [-0.3, -0.25) is 19.4 Å². The van der Waals surface area contributed by atoms with E-state index in [4.69, 9.17) is 14.5 Å². The van der Waals surface area contributed by atoms with Crippen LogP contribution in [0.5, 0.6) is 11.5 Å². The lowest BCUT2D eigenvalue weighted by molar-refractivity contribution is -0.189. The second-order valence-corrected chi connectivity index (χ2v) is 12.5. The van der Waals surface area contributed by atoms with Crippen LogP contribution in [0.1, 0.15) is 16.7 Å². The Labute approximate surface area is 278 Å². The van der Waals surface area contributed by atoms with Gasteiger partial charge in [0.25, 0.3) is 0 Å². The topological polar surface area (TPSA) is 152 Å². The maximum absolute atomic E-state index is 14.2. The molecule has 2 fully saturated rings. The third-order valence-corrected chi connectivity index (χ3v) is 8.35. The highest BCUT2D eigenvalue weighted by molar-refractivity contribution is 7.46. The van der Waals surface area contributed by atoms with Gasteiger partial charge in [-0.2, -0.15) is 0 Å². The van der Waals surface area contributed by atoms with Crippen molar-refractivity contribution in [1.29, 1.82) is 0 Å². The minimum Gasteiger partial charge on any atom is -0.490 e. The summed E-state index contributed by atoms with van der Waals surface area (Å²) in [6, 6.07) is 21.3. The van der Waals surface area contributed by atoms with E-state index in [1.54, 1.807) is 46.3 Å². The molecule has 252 valence electrons. The summed E-state index contributed by atoms with van der Waals surface area (Å²) in [6.45, 7) is 8.43. The number of hydrogen-bond donors (Lipinski definition) is 3. The minimum atomic E-state index is -4.76. The van der Waals surface area contributed by atoms with Gasteiger partial charge >= 0.3 is 13.9 Å². The van der Waals surface area contributed by atoms with Crippen molar-refractivity contribution in [1.82, 2.24) is 25.1 Å². The highest BCUT2D eigenvalue weighted by atomic mass is 31.2. The van der Waals surface area contributed by atoms with Gasteiger partial charge in [0.15, 0.2) is 0 Å². The Morgan fingerprint density at radius 1 is 0.917 bits per heavy atom. The van der Waals surface area contributed by atoms with Gasteiger partial charge < -0.3 is 24.4 Å². The fourth-order valence-electron chi connectivity index (χ4n) is 5.81. The molecule has 2 heterocycles. The number of fused-ring (bicyclic) bond motifs is 1. The number of nitrogens with zero attached hydrogens (tertiary/aromatic N) is 4. The second kappa shape index (κ2) is 15.3. The van der Waals surface area contributed by atoms with Crippen molar-refractivity contribution < 1.29 is 38.0 Å². The summed E-state index contributed by atoms with van der Waals surface area (Å²) in [7, 11) is -4.76. The number of phosphoric ester groups is 1. The monoisotopic (exact) mass is 675 g/mol.